The lowest BCUT2D eigenvalue weighted by Gasteiger charge is -2.19. The maximum atomic E-state index is 12.3. The average Bonchev–Trinajstić information content (AvgIpc) is 2.86. The fraction of sp³-hybridized carbons (Fsp3) is 0.556. The lowest BCUT2D eigenvalue weighted by Crippen LogP contribution is -2.31. The van der Waals surface area contributed by atoms with E-state index in [-0.39, 0.29) is 17.2 Å². The number of hydrogen-bond donors (Lipinski definition) is 1. The molecular weight excluding hydrogens is 310 g/mol. The first-order chi connectivity index (χ1) is 10.7. The third-order valence-corrected chi connectivity index (χ3v) is 5.36. The van der Waals surface area contributed by atoms with Gasteiger partial charge in [-0.1, -0.05) is 39.8 Å². The van der Waals surface area contributed by atoms with E-state index in [4.69, 9.17) is 5.11 Å². The van der Waals surface area contributed by atoms with Gasteiger partial charge in [-0.25, -0.2) is 0 Å². The van der Waals surface area contributed by atoms with E-state index in [2.05, 4.69) is 32.9 Å². The number of carbonyl (C=O) groups excluding carboxylic acids is 1. The molecule has 2 atom stereocenters. The summed E-state index contributed by atoms with van der Waals surface area (Å²) in [4.78, 5) is 26.1. The van der Waals surface area contributed by atoms with Crippen LogP contribution in [0, 0.1) is 11.8 Å². The van der Waals surface area contributed by atoms with Gasteiger partial charge in [0.25, 0.3) is 0 Å². The standard InChI is InChI=1S/C18H25NO3S/c1-12-9-19(10-15(12)17(21)22)16(20)11-23-14-7-5-13(6-8-14)18(2,3)4/h5-8,12,15H,9-11H2,1-4H3,(H,21,22)/t12-,15-/m1/s1. The molecule has 0 bridgehead atoms. The minimum absolute atomic E-state index is 0.0190. The predicted octanol–water partition coefficient (Wildman–Crippen LogP) is 3.26. The van der Waals surface area contributed by atoms with Crippen LogP contribution in [0.2, 0.25) is 0 Å². The van der Waals surface area contributed by atoms with Crippen molar-refractivity contribution in [2.45, 2.75) is 38.0 Å². The van der Waals surface area contributed by atoms with Crippen LogP contribution in [0.3, 0.4) is 0 Å². The Hall–Kier alpha value is -1.49. The van der Waals surface area contributed by atoms with Gasteiger partial charge in [-0.3, -0.25) is 9.59 Å². The van der Waals surface area contributed by atoms with Crippen LogP contribution in [0.5, 0.6) is 0 Å². The Morgan fingerprint density at radius 3 is 2.30 bits per heavy atom. The van der Waals surface area contributed by atoms with E-state index in [9.17, 15) is 9.59 Å². The molecule has 1 saturated heterocycles. The smallest absolute Gasteiger partial charge is 0.308 e. The SMILES string of the molecule is C[C@@H]1CN(C(=O)CSc2ccc(C(C)(C)C)cc2)C[C@H]1C(=O)O. The highest BCUT2D eigenvalue weighted by Crippen LogP contribution is 2.27. The Kier molecular flexibility index (Phi) is 5.40. The fourth-order valence-corrected chi connectivity index (χ4v) is 3.58. The fourth-order valence-electron chi connectivity index (χ4n) is 2.78. The van der Waals surface area contributed by atoms with Gasteiger partial charge in [-0.05, 0) is 29.0 Å². The Morgan fingerprint density at radius 1 is 1.22 bits per heavy atom. The van der Waals surface area contributed by atoms with Crippen LogP contribution in [-0.2, 0) is 15.0 Å². The largest absolute Gasteiger partial charge is 0.481 e. The molecule has 5 heteroatoms. The van der Waals surface area contributed by atoms with Gasteiger partial charge in [-0.2, -0.15) is 0 Å². The van der Waals surface area contributed by atoms with Crippen LogP contribution in [-0.4, -0.2) is 40.7 Å². The zero-order valence-corrected chi connectivity index (χ0v) is 15.0. The van der Waals surface area contributed by atoms with Crippen LogP contribution in [0.1, 0.15) is 33.3 Å². The van der Waals surface area contributed by atoms with Crippen LogP contribution in [0.25, 0.3) is 0 Å². The number of carbonyl (C=O) groups is 2. The lowest BCUT2D eigenvalue weighted by atomic mass is 9.87. The van der Waals surface area contributed by atoms with Gasteiger partial charge in [0.1, 0.15) is 0 Å². The second-order valence-corrected chi connectivity index (χ2v) is 8.33. The van der Waals surface area contributed by atoms with E-state index >= 15 is 0 Å². The highest BCUT2D eigenvalue weighted by molar-refractivity contribution is 8.00. The number of carboxylic acids is 1. The number of hydrogen-bond acceptors (Lipinski definition) is 3. The summed E-state index contributed by atoms with van der Waals surface area (Å²) in [7, 11) is 0. The van der Waals surface area contributed by atoms with Crippen LogP contribution in [0.15, 0.2) is 29.2 Å². The number of carboxylic acid groups (broad SMARTS) is 1. The van der Waals surface area contributed by atoms with Gasteiger partial charge in [0.15, 0.2) is 0 Å². The van der Waals surface area contributed by atoms with Crippen molar-refractivity contribution in [3.8, 4) is 0 Å². The molecule has 0 spiro atoms. The van der Waals surface area contributed by atoms with Crippen LogP contribution < -0.4 is 0 Å². The normalized spacial score (nSPS) is 21.5. The van der Waals surface area contributed by atoms with Crippen molar-refractivity contribution in [1.29, 1.82) is 0 Å². The number of thioether (sulfide) groups is 1. The van der Waals surface area contributed by atoms with Gasteiger partial charge in [0.2, 0.25) is 5.91 Å². The van der Waals surface area contributed by atoms with Crippen LogP contribution >= 0.6 is 11.8 Å². The summed E-state index contributed by atoms with van der Waals surface area (Å²) in [6.45, 7) is 9.28. The van der Waals surface area contributed by atoms with E-state index < -0.39 is 11.9 Å². The van der Waals surface area contributed by atoms with E-state index in [0.717, 1.165) is 4.90 Å². The van der Waals surface area contributed by atoms with E-state index in [1.165, 1.54) is 17.3 Å². The third kappa shape index (κ3) is 4.50. The summed E-state index contributed by atoms with van der Waals surface area (Å²) in [6.07, 6.45) is 0. The van der Waals surface area contributed by atoms with Gasteiger partial charge < -0.3 is 10.0 Å². The quantitative estimate of drug-likeness (QED) is 0.858. The van der Waals surface area contributed by atoms with E-state index in [0.29, 0.717) is 18.8 Å². The Balaban J connectivity index is 1.89. The number of likely N-dealkylation sites (tertiary alicyclic amines) is 1. The number of aliphatic carboxylic acids is 1. The van der Waals surface area contributed by atoms with Gasteiger partial charge >= 0.3 is 5.97 Å². The summed E-state index contributed by atoms with van der Waals surface area (Å²) < 4.78 is 0. The van der Waals surface area contributed by atoms with Crippen molar-refractivity contribution in [3.63, 3.8) is 0 Å². The summed E-state index contributed by atoms with van der Waals surface area (Å²) in [6, 6.07) is 8.30. The monoisotopic (exact) mass is 335 g/mol. The molecule has 1 aromatic carbocycles. The molecule has 0 unspecified atom stereocenters. The maximum Gasteiger partial charge on any atom is 0.308 e. The molecule has 126 valence electrons. The van der Waals surface area contributed by atoms with Crippen molar-refractivity contribution in [1.82, 2.24) is 4.90 Å². The molecule has 0 aromatic heterocycles. The van der Waals surface area contributed by atoms with Gasteiger partial charge in [-0.15, -0.1) is 11.8 Å². The molecule has 1 aromatic rings. The Bertz CT molecular complexity index is 577. The highest BCUT2D eigenvalue weighted by Gasteiger charge is 2.36. The summed E-state index contributed by atoms with van der Waals surface area (Å²) >= 11 is 1.51. The molecular formula is C18H25NO3S. The first-order valence-electron chi connectivity index (χ1n) is 7.92. The molecule has 1 fully saturated rings. The molecule has 0 saturated carbocycles. The second-order valence-electron chi connectivity index (χ2n) is 7.28. The number of nitrogens with zero attached hydrogens (tertiary/aromatic N) is 1. The average molecular weight is 335 g/mol. The van der Waals surface area contributed by atoms with E-state index in [1.807, 2.05) is 19.1 Å². The zero-order chi connectivity index (χ0) is 17.2. The summed E-state index contributed by atoms with van der Waals surface area (Å²) in [5, 5.41) is 9.14. The Labute approximate surface area is 142 Å². The first kappa shape index (κ1) is 17.9. The molecule has 1 amide bonds. The van der Waals surface area contributed by atoms with Crippen molar-refractivity contribution in [2.24, 2.45) is 11.8 Å². The molecule has 0 radical (unpaired) electrons. The minimum atomic E-state index is -0.807. The minimum Gasteiger partial charge on any atom is -0.481 e. The summed E-state index contributed by atoms with van der Waals surface area (Å²) in [5.74, 6) is -0.847. The molecule has 2 rings (SSSR count). The van der Waals surface area contributed by atoms with Crippen molar-refractivity contribution in [3.05, 3.63) is 29.8 Å². The predicted molar refractivity (Wildman–Crippen MR) is 92.7 cm³/mol. The molecule has 23 heavy (non-hydrogen) atoms. The molecule has 1 heterocycles. The topological polar surface area (TPSA) is 57.6 Å². The Morgan fingerprint density at radius 2 is 1.83 bits per heavy atom. The molecule has 0 aliphatic carbocycles. The van der Waals surface area contributed by atoms with Gasteiger partial charge in [0, 0.05) is 18.0 Å². The van der Waals surface area contributed by atoms with Crippen molar-refractivity contribution in [2.75, 3.05) is 18.8 Å². The highest BCUT2D eigenvalue weighted by atomic mass is 32.2. The summed E-state index contributed by atoms with van der Waals surface area (Å²) in [5.41, 5.74) is 1.39. The third-order valence-electron chi connectivity index (χ3n) is 4.36. The van der Waals surface area contributed by atoms with E-state index in [1.54, 1.807) is 4.90 Å². The molecule has 1 N–H and O–H groups in total. The number of amides is 1. The number of rotatable bonds is 4. The zero-order valence-electron chi connectivity index (χ0n) is 14.2. The first-order valence-corrected chi connectivity index (χ1v) is 8.91. The maximum absolute atomic E-state index is 12.3. The van der Waals surface area contributed by atoms with Crippen molar-refractivity contribution < 1.29 is 14.7 Å². The number of benzene rings is 1. The molecule has 4 nitrogen and oxygen atoms in total. The van der Waals surface area contributed by atoms with Gasteiger partial charge in [0.05, 0.1) is 11.7 Å². The second kappa shape index (κ2) is 6.95. The van der Waals surface area contributed by atoms with Crippen LogP contribution in [0.4, 0.5) is 0 Å². The van der Waals surface area contributed by atoms with Crippen molar-refractivity contribution >= 4 is 23.6 Å². The molecule has 1 aliphatic rings. The lowest BCUT2D eigenvalue weighted by molar-refractivity contribution is -0.142. The molecule has 1 aliphatic heterocycles.